The van der Waals surface area contributed by atoms with E-state index in [0.29, 0.717) is 32.1 Å². The van der Waals surface area contributed by atoms with Gasteiger partial charge in [0.15, 0.2) is 17.2 Å². The number of carbonyl (C=O) groups is 1. The first-order valence-electron chi connectivity index (χ1n) is 9.92. The van der Waals surface area contributed by atoms with Crippen molar-refractivity contribution >= 4 is 34.5 Å². The Bertz CT molecular complexity index is 1400. The predicted molar refractivity (Wildman–Crippen MR) is 122 cm³/mol. The monoisotopic (exact) mass is 505 g/mol. The number of halogens is 4. The summed E-state index contributed by atoms with van der Waals surface area (Å²) >= 11 is 7.14. The zero-order chi connectivity index (χ0) is 24.0. The number of aromatic nitrogens is 2. The van der Waals surface area contributed by atoms with Crippen LogP contribution in [0.2, 0.25) is 4.34 Å². The molecule has 0 fully saturated rings. The number of carbonyl (C=O) groups excluding carboxylic acids is 1. The highest BCUT2D eigenvalue weighted by Gasteiger charge is 2.35. The summed E-state index contributed by atoms with van der Waals surface area (Å²) in [6.45, 7) is 0.111. The van der Waals surface area contributed by atoms with Crippen molar-refractivity contribution in [2.75, 3.05) is 18.7 Å². The van der Waals surface area contributed by atoms with E-state index in [1.165, 1.54) is 15.6 Å². The molecule has 3 heterocycles. The van der Waals surface area contributed by atoms with Gasteiger partial charge in [0.2, 0.25) is 6.79 Å². The van der Waals surface area contributed by atoms with Crippen LogP contribution in [0.3, 0.4) is 0 Å². The van der Waals surface area contributed by atoms with Gasteiger partial charge in [-0.2, -0.15) is 18.3 Å². The Labute approximate surface area is 200 Å². The fourth-order valence-electron chi connectivity index (χ4n) is 3.52. The lowest BCUT2D eigenvalue weighted by Crippen LogP contribution is -2.26. The molecule has 6 nitrogen and oxygen atoms in total. The van der Waals surface area contributed by atoms with Crippen LogP contribution in [0.15, 0.2) is 60.7 Å². The second-order valence-corrected chi connectivity index (χ2v) is 9.10. The smallest absolute Gasteiger partial charge is 0.435 e. The number of benzene rings is 2. The minimum Gasteiger partial charge on any atom is -0.454 e. The third-order valence-corrected chi connectivity index (χ3v) is 6.46. The molecule has 0 saturated heterocycles. The van der Waals surface area contributed by atoms with Crippen molar-refractivity contribution in [3.63, 3.8) is 0 Å². The van der Waals surface area contributed by atoms with Crippen LogP contribution in [-0.2, 0) is 6.18 Å². The van der Waals surface area contributed by atoms with Gasteiger partial charge < -0.3 is 14.4 Å². The van der Waals surface area contributed by atoms with Crippen molar-refractivity contribution in [1.29, 1.82) is 0 Å². The number of ether oxygens (including phenoxy) is 2. The highest BCUT2D eigenvalue weighted by molar-refractivity contribution is 7.19. The zero-order valence-electron chi connectivity index (χ0n) is 17.5. The summed E-state index contributed by atoms with van der Waals surface area (Å²) in [6, 6.07) is 15.6. The summed E-state index contributed by atoms with van der Waals surface area (Å²) in [5, 5.41) is 3.78. The molecule has 34 heavy (non-hydrogen) atoms. The Hall–Kier alpha value is -3.50. The van der Waals surface area contributed by atoms with Gasteiger partial charge in [-0.1, -0.05) is 17.7 Å². The van der Waals surface area contributed by atoms with Gasteiger partial charge in [-0.05, 0) is 48.5 Å². The predicted octanol–water partition coefficient (Wildman–Crippen LogP) is 6.28. The van der Waals surface area contributed by atoms with Gasteiger partial charge in [0.25, 0.3) is 5.91 Å². The molecular formula is C23H15ClF3N3O3S. The molecule has 0 spiro atoms. The quantitative estimate of drug-likeness (QED) is 0.327. The number of nitrogens with zero attached hydrogens (tertiary/aromatic N) is 3. The second kappa shape index (κ2) is 8.37. The van der Waals surface area contributed by atoms with Gasteiger partial charge in [-0.15, -0.1) is 11.3 Å². The third-order valence-electron chi connectivity index (χ3n) is 5.21. The van der Waals surface area contributed by atoms with Crippen LogP contribution in [-0.4, -0.2) is 29.5 Å². The zero-order valence-corrected chi connectivity index (χ0v) is 19.0. The molecule has 0 aliphatic carbocycles. The fourth-order valence-corrected chi connectivity index (χ4v) is 4.56. The lowest BCUT2D eigenvalue weighted by molar-refractivity contribution is -0.141. The van der Waals surface area contributed by atoms with Crippen LogP contribution in [0.5, 0.6) is 11.5 Å². The van der Waals surface area contributed by atoms with Crippen LogP contribution in [0, 0.1) is 0 Å². The van der Waals surface area contributed by atoms with Crippen molar-refractivity contribution in [3.8, 4) is 27.8 Å². The lowest BCUT2D eigenvalue weighted by atomic mass is 10.1. The van der Waals surface area contributed by atoms with Crippen molar-refractivity contribution in [1.82, 2.24) is 9.78 Å². The van der Waals surface area contributed by atoms with E-state index >= 15 is 0 Å². The molecule has 1 aliphatic heterocycles. The first-order valence-corrected chi connectivity index (χ1v) is 11.1. The number of fused-ring (bicyclic) bond motifs is 1. The first-order chi connectivity index (χ1) is 16.2. The second-order valence-electron chi connectivity index (χ2n) is 7.38. The van der Waals surface area contributed by atoms with Crippen LogP contribution in [0.25, 0.3) is 16.3 Å². The molecule has 11 heteroatoms. The molecule has 1 amide bonds. The number of anilines is 1. The third kappa shape index (κ3) is 4.10. The number of rotatable bonds is 4. The lowest BCUT2D eigenvalue weighted by Gasteiger charge is -2.18. The Morgan fingerprint density at radius 2 is 1.88 bits per heavy atom. The van der Waals surface area contributed by atoms with Crippen molar-refractivity contribution < 1.29 is 27.4 Å². The normalized spacial score (nSPS) is 12.7. The maximum atomic E-state index is 13.4. The summed E-state index contributed by atoms with van der Waals surface area (Å²) in [4.78, 5) is 15.1. The molecule has 5 rings (SSSR count). The van der Waals surface area contributed by atoms with Gasteiger partial charge in [0.1, 0.15) is 0 Å². The van der Waals surface area contributed by atoms with E-state index in [0.717, 1.165) is 17.4 Å². The summed E-state index contributed by atoms with van der Waals surface area (Å²) in [5.41, 5.74) is 0.336. The van der Waals surface area contributed by atoms with E-state index in [1.807, 2.05) is 0 Å². The molecule has 0 radical (unpaired) electrons. The largest absolute Gasteiger partial charge is 0.454 e. The van der Waals surface area contributed by atoms with E-state index in [1.54, 1.807) is 55.6 Å². The number of thiophene rings is 1. The standard InChI is InChI=1S/C23H15ClF3N3O3S/c1-29(14-5-6-17-18(10-14)33-12-32-17)22(31)13-3-2-4-15(9-13)30-16(19-7-8-21(24)34-19)11-20(28-30)23(25,26)27/h2-11H,12H2,1H3. The average molecular weight is 506 g/mol. The highest BCUT2D eigenvalue weighted by atomic mass is 35.5. The summed E-state index contributed by atoms with van der Waals surface area (Å²) < 4.78 is 52.6. The van der Waals surface area contributed by atoms with Gasteiger partial charge in [-0.25, -0.2) is 4.68 Å². The van der Waals surface area contributed by atoms with Gasteiger partial charge >= 0.3 is 6.18 Å². The van der Waals surface area contributed by atoms with Crippen LogP contribution < -0.4 is 14.4 Å². The Kier molecular flexibility index (Phi) is 5.49. The summed E-state index contributed by atoms with van der Waals surface area (Å²) in [5.74, 6) is 0.762. The molecule has 0 atom stereocenters. The summed E-state index contributed by atoms with van der Waals surface area (Å²) in [6.07, 6.45) is -4.63. The first kappa shape index (κ1) is 22.3. The van der Waals surface area contributed by atoms with Crippen molar-refractivity contribution in [2.45, 2.75) is 6.18 Å². The molecule has 0 unspecified atom stereocenters. The molecule has 2 aromatic carbocycles. The number of alkyl halides is 3. The average Bonchev–Trinajstić information content (AvgIpc) is 3.56. The van der Waals surface area contributed by atoms with Crippen LogP contribution in [0.4, 0.5) is 18.9 Å². The Morgan fingerprint density at radius 3 is 2.62 bits per heavy atom. The fraction of sp³-hybridized carbons (Fsp3) is 0.130. The molecule has 0 N–H and O–H groups in total. The van der Waals surface area contributed by atoms with Gasteiger partial charge in [0.05, 0.1) is 20.6 Å². The molecule has 0 bridgehead atoms. The maximum absolute atomic E-state index is 13.4. The molecular weight excluding hydrogens is 491 g/mol. The number of hydrogen-bond acceptors (Lipinski definition) is 5. The SMILES string of the molecule is CN(C(=O)c1cccc(-n2nc(C(F)(F)F)cc2-c2ccc(Cl)s2)c1)c1ccc2c(c1)OCO2. The van der Waals surface area contributed by atoms with Crippen molar-refractivity contribution in [3.05, 3.63) is 76.3 Å². The summed E-state index contributed by atoms with van der Waals surface area (Å²) in [7, 11) is 1.60. The van der Waals surface area contributed by atoms with Gasteiger partial charge in [0, 0.05) is 24.4 Å². The minimum atomic E-state index is -4.63. The molecule has 2 aromatic heterocycles. The molecule has 4 aromatic rings. The van der Waals surface area contributed by atoms with Gasteiger partial charge in [-0.3, -0.25) is 4.79 Å². The highest BCUT2D eigenvalue weighted by Crippen LogP contribution is 2.38. The van der Waals surface area contributed by atoms with E-state index in [2.05, 4.69) is 5.10 Å². The molecule has 1 aliphatic rings. The van der Waals surface area contributed by atoms with Crippen molar-refractivity contribution in [2.24, 2.45) is 0 Å². The number of hydrogen-bond donors (Lipinski definition) is 0. The van der Waals surface area contributed by atoms with E-state index in [-0.39, 0.29) is 24.0 Å². The van der Waals surface area contributed by atoms with Crippen LogP contribution >= 0.6 is 22.9 Å². The molecule has 0 saturated carbocycles. The minimum absolute atomic E-state index is 0.111. The Balaban J connectivity index is 1.52. The van der Waals surface area contributed by atoms with E-state index in [9.17, 15) is 18.0 Å². The van der Waals surface area contributed by atoms with E-state index < -0.39 is 11.9 Å². The Morgan fingerprint density at radius 1 is 1.09 bits per heavy atom. The molecule has 174 valence electrons. The van der Waals surface area contributed by atoms with Crippen LogP contribution in [0.1, 0.15) is 16.1 Å². The topological polar surface area (TPSA) is 56.6 Å². The maximum Gasteiger partial charge on any atom is 0.435 e. The number of amides is 1. The van der Waals surface area contributed by atoms with E-state index in [4.69, 9.17) is 21.1 Å².